The van der Waals surface area contributed by atoms with Crippen molar-refractivity contribution in [1.82, 2.24) is 10.6 Å². The molecule has 0 aliphatic rings. The Morgan fingerprint density at radius 3 is 1.38 bits per heavy atom. The van der Waals surface area contributed by atoms with Crippen LogP contribution >= 0.6 is 0 Å². The summed E-state index contributed by atoms with van der Waals surface area (Å²) in [6.07, 6.45) is 3.87. The van der Waals surface area contributed by atoms with Crippen molar-refractivity contribution in [1.29, 1.82) is 0 Å². The van der Waals surface area contributed by atoms with Gasteiger partial charge in [-0.1, -0.05) is 132 Å². The van der Waals surface area contributed by atoms with Crippen molar-refractivity contribution in [2.45, 2.75) is 183 Å². The first kappa shape index (κ1) is 46.6. The summed E-state index contributed by atoms with van der Waals surface area (Å²) in [5.41, 5.74) is -2.95. The van der Waals surface area contributed by atoms with E-state index in [1.165, 1.54) is 0 Å². The van der Waals surface area contributed by atoms with Crippen LogP contribution in [0.4, 0.5) is 0 Å². The third kappa shape index (κ3) is 13.0. The third-order valence-corrected chi connectivity index (χ3v) is 11.7. The van der Waals surface area contributed by atoms with Crippen molar-refractivity contribution >= 4 is 17.6 Å². The summed E-state index contributed by atoms with van der Waals surface area (Å²) >= 11 is 0. The molecule has 48 heavy (non-hydrogen) atoms. The maximum Gasteiger partial charge on any atom is 0.225 e. The molecule has 0 aromatic carbocycles. The average molecular weight is 679 g/mol. The molecule has 0 saturated heterocycles. The molecule has 0 aromatic heterocycles. The van der Waals surface area contributed by atoms with Crippen molar-refractivity contribution in [2.24, 2.45) is 48.7 Å². The summed E-state index contributed by atoms with van der Waals surface area (Å²) in [5.74, 6) is 0.255. The zero-order valence-electron chi connectivity index (χ0n) is 36.1. The predicted octanol–water partition coefficient (Wildman–Crippen LogP) is 10.4. The fraction of sp³-hybridized carbons (Fsp3) is 0.929. The van der Waals surface area contributed by atoms with E-state index in [2.05, 4.69) is 128 Å². The van der Waals surface area contributed by atoms with Gasteiger partial charge in [-0.3, -0.25) is 14.4 Å². The first-order chi connectivity index (χ1) is 20.8. The number of carbonyl (C=O) groups is 3. The first-order valence-electron chi connectivity index (χ1n) is 18.5. The Kier molecular flexibility index (Phi) is 14.6. The van der Waals surface area contributed by atoms with E-state index in [0.29, 0.717) is 25.4 Å². The summed E-state index contributed by atoms with van der Waals surface area (Å²) in [4.78, 5) is 39.6. The Morgan fingerprint density at radius 2 is 0.938 bits per heavy atom. The first-order valence-corrected chi connectivity index (χ1v) is 18.5. The van der Waals surface area contributed by atoms with Crippen LogP contribution in [0.15, 0.2) is 0 Å². The lowest BCUT2D eigenvalue weighted by Gasteiger charge is -2.49. The summed E-state index contributed by atoms with van der Waals surface area (Å²) < 4.78 is 6.73. The number of rotatable bonds is 19. The van der Waals surface area contributed by atoms with Gasteiger partial charge in [0.1, 0.15) is 5.78 Å². The van der Waals surface area contributed by atoms with Crippen molar-refractivity contribution in [3.8, 4) is 0 Å². The molecule has 0 saturated carbocycles. The molecule has 6 heteroatoms. The normalized spacial score (nSPS) is 15.0. The van der Waals surface area contributed by atoms with E-state index >= 15 is 0 Å². The van der Waals surface area contributed by atoms with Crippen LogP contribution in [0, 0.1) is 48.7 Å². The molecule has 0 spiro atoms. The van der Waals surface area contributed by atoms with Gasteiger partial charge in [0.25, 0.3) is 0 Å². The number of nitrogens with one attached hydrogen (secondary N) is 2. The summed E-state index contributed by atoms with van der Waals surface area (Å²) in [5, 5.41) is 5.93. The molecule has 0 heterocycles. The number of amides is 2. The van der Waals surface area contributed by atoms with Gasteiger partial charge in [-0.25, -0.2) is 0 Å². The molecule has 0 radical (unpaired) electrons. The van der Waals surface area contributed by atoms with E-state index in [0.717, 1.165) is 25.7 Å². The van der Waals surface area contributed by atoms with Crippen LogP contribution in [0.5, 0.6) is 0 Å². The molecule has 2 amide bonds. The van der Waals surface area contributed by atoms with E-state index < -0.39 is 21.8 Å². The van der Waals surface area contributed by atoms with Crippen LogP contribution in [0.2, 0.25) is 0 Å². The standard InChI is InChI=1S/C42H82N2O4/c1-33(2,3)25-35(6,7)30(45)36(8,9)28-40(16,17)39(14,15)23-24-48-42(20,21)41(18,19)26-34(4,5)29-44-32(47)38(12,13)27-37(10,11)31(46)43-22/h23-29H2,1-22H3,(H,43,46)(H,44,47). The van der Waals surface area contributed by atoms with E-state index in [-0.39, 0.29) is 44.3 Å². The summed E-state index contributed by atoms with van der Waals surface area (Å²) in [7, 11) is 1.63. The highest BCUT2D eigenvalue weighted by atomic mass is 16.5. The number of hydrogen-bond donors (Lipinski definition) is 2. The molecule has 284 valence electrons. The van der Waals surface area contributed by atoms with Gasteiger partial charge >= 0.3 is 0 Å². The number of ether oxygens (including phenoxy) is 1. The molecule has 0 aliphatic carbocycles. The number of Topliss-reactive ketones (excluding diaryl/α,β-unsaturated/α-hetero) is 1. The lowest BCUT2D eigenvalue weighted by molar-refractivity contribution is -0.141. The predicted molar refractivity (Wildman–Crippen MR) is 205 cm³/mol. The molecule has 0 aromatic rings. The zero-order chi connectivity index (χ0) is 38.8. The van der Waals surface area contributed by atoms with Gasteiger partial charge in [0, 0.05) is 41.9 Å². The maximum atomic E-state index is 13.9. The van der Waals surface area contributed by atoms with Gasteiger partial charge in [0.2, 0.25) is 11.8 Å². The molecule has 0 aliphatic heterocycles. The molecule has 6 nitrogen and oxygen atoms in total. The van der Waals surface area contributed by atoms with Gasteiger partial charge in [-0.15, -0.1) is 0 Å². The van der Waals surface area contributed by atoms with E-state index in [1.54, 1.807) is 7.05 Å². The molecule has 0 unspecified atom stereocenters. The van der Waals surface area contributed by atoms with E-state index in [4.69, 9.17) is 4.74 Å². The Bertz CT molecular complexity index is 1110. The summed E-state index contributed by atoms with van der Waals surface area (Å²) in [6, 6.07) is 0. The third-order valence-electron chi connectivity index (χ3n) is 11.7. The van der Waals surface area contributed by atoms with E-state index in [9.17, 15) is 14.4 Å². The number of ketones is 1. The Labute approximate surface area is 298 Å². The van der Waals surface area contributed by atoms with Crippen molar-refractivity contribution in [3.05, 3.63) is 0 Å². The van der Waals surface area contributed by atoms with Crippen molar-refractivity contribution in [3.63, 3.8) is 0 Å². The van der Waals surface area contributed by atoms with Crippen LogP contribution in [-0.2, 0) is 19.1 Å². The monoisotopic (exact) mass is 679 g/mol. The molecule has 0 bridgehead atoms. The fourth-order valence-electron chi connectivity index (χ4n) is 8.48. The second kappa shape index (κ2) is 15.0. The molecular formula is C42H82N2O4. The molecule has 0 fully saturated rings. The number of carbonyl (C=O) groups excluding carboxylic acids is 3. The van der Waals surface area contributed by atoms with Gasteiger partial charge in [-0.05, 0) is 73.0 Å². The quantitative estimate of drug-likeness (QED) is 0.142. The minimum Gasteiger partial charge on any atom is -0.375 e. The molecule has 2 N–H and O–H groups in total. The van der Waals surface area contributed by atoms with E-state index in [1.807, 2.05) is 27.7 Å². The highest BCUT2D eigenvalue weighted by Crippen LogP contribution is 2.52. The van der Waals surface area contributed by atoms with Crippen LogP contribution in [0.25, 0.3) is 0 Å². The highest BCUT2D eigenvalue weighted by molar-refractivity contribution is 5.89. The van der Waals surface area contributed by atoms with Crippen LogP contribution in [0.1, 0.15) is 178 Å². The maximum absolute atomic E-state index is 13.9. The molecular weight excluding hydrogens is 596 g/mol. The van der Waals surface area contributed by atoms with Crippen molar-refractivity contribution in [2.75, 3.05) is 20.2 Å². The van der Waals surface area contributed by atoms with Gasteiger partial charge in [-0.2, -0.15) is 0 Å². The number of hydrogen-bond acceptors (Lipinski definition) is 4. The van der Waals surface area contributed by atoms with Crippen LogP contribution < -0.4 is 10.6 Å². The average Bonchev–Trinajstić information content (AvgIpc) is 2.82. The Hall–Kier alpha value is -1.43. The zero-order valence-corrected chi connectivity index (χ0v) is 36.1. The van der Waals surface area contributed by atoms with Gasteiger partial charge in [0.15, 0.2) is 0 Å². The second-order valence-corrected chi connectivity index (χ2v) is 22.3. The van der Waals surface area contributed by atoms with Crippen LogP contribution in [-0.4, -0.2) is 43.4 Å². The minimum atomic E-state index is -0.685. The van der Waals surface area contributed by atoms with Gasteiger partial charge < -0.3 is 15.4 Å². The topological polar surface area (TPSA) is 84.5 Å². The fourth-order valence-corrected chi connectivity index (χ4v) is 8.48. The second-order valence-electron chi connectivity index (χ2n) is 22.3. The largest absolute Gasteiger partial charge is 0.375 e. The van der Waals surface area contributed by atoms with Gasteiger partial charge in [0.05, 0.1) is 5.60 Å². The smallest absolute Gasteiger partial charge is 0.225 e. The highest BCUT2D eigenvalue weighted by Gasteiger charge is 2.48. The van der Waals surface area contributed by atoms with Crippen LogP contribution in [0.3, 0.4) is 0 Å². The Balaban J connectivity index is 5.51. The lowest BCUT2D eigenvalue weighted by atomic mass is 9.57. The molecule has 0 atom stereocenters. The minimum absolute atomic E-state index is 0.0339. The Morgan fingerprint density at radius 1 is 0.500 bits per heavy atom. The van der Waals surface area contributed by atoms with Crippen molar-refractivity contribution < 1.29 is 19.1 Å². The molecule has 0 rings (SSSR count). The SMILES string of the molecule is CNC(=O)C(C)(C)CC(C)(C)C(=O)NCC(C)(C)CC(C)(C)C(C)(C)OCCC(C)(C)C(C)(C)CC(C)(C)C(=O)C(C)(C)CC(C)(C)C. The lowest BCUT2D eigenvalue weighted by Crippen LogP contribution is -2.49. The summed E-state index contributed by atoms with van der Waals surface area (Å²) in [6.45, 7) is 46.4.